The van der Waals surface area contributed by atoms with Gasteiger partial charge in [0.25, 0.3) is 0 Å². The minimum Gasteiger partial charge on any atom is -0.467 e. The third kappa shape index (κ3) is 3.24. The summed E-state index contributed by atoms with van der Waals surface area (Å²) in [5.74, 6) is 1.28. The number of hydrogen-bond acceptors (Lipinski definition) is 3. The smallest absolute Gasteiger partial charge is 0.308 e. The lowest BCUT2D eigenvalue weighted by molar-refractivity contribution is 0.277. The maximum atomic E-state index is 5.50. The van der Waals surface area contributed by atoms with Gasteiger partial charge in [-0.05, 0) is 12.8 Å². The van der Waals surface area contributed by atoms with E-state index in [1.165, 1.54) is 12.8 Å². The fourth-order valence-electron chi connectivity index (χ4n) is 2.41. The first-order valence-corrected chi connectivity index (χ1v) is 6.59. The molecule has 3 nitrogen and oxygen atoms in total. The molecule has 1 aromatic heterocycles. The highest BCUT2D eigenvalue weighted by Crippen LogP contribution is 2.39. The molecule has 1 atom stereocenters. The lowest BCUT2D eigenvalue weighted by atomic mass is 9.78. The Morgan fingerprint density at radius 3 is 2.47 bits per heavy atom. The zero-order valence-corrected chi connectivity index (χ0v) is 11.8. The van der Waals surface area contributed by atoms with E-state index in [9.17, 15) is 0 Å². The molecule has 0 saturated heterocycles. The van der Waals surface area contributed by atoms with E-state index in [0.717, 1.165) is 25.0 Å². The van der Waals surface area contributed by atoms with E-state index in [4.69, 9.17) is 9.15 Å². The van der Waals surface area contributed by atoms with Gasteiger partial charge in [0, 0.05) is 12.3 Å². The Hall–Kier alpha value is -0.990. The van der Waals surface area contributed by atoms with Gasteiger partial charge in [-0.25, -0.2) is 4.98 Å². The third-order valence-electron chi connectivity index (χ3n) is 3.34. The number of methoxy groups -OCH3 is 1. The highest BCUT2D eigenvalue weighted by molar-refractivity contribution is 5.25. The SMILES string of the molecule is CCCCC(C)(CCC)c1nc(C)oc1OC. The molecule has 0 aromatic carbocycles. The molecule has 1 aromatic rings. The predicted octanol–water partition coefficient (Wildman–Crippen LogP) is 4.24. The third-order valence-corrected chi connectivity index (χ3v) is 3.34. The van der Waals surface area contributed by atoms with Crippen LogP contribution in [-0.4, -0.2) is 12.1 Å². The maximum absolute atomic E-state index is 5.50. The van der Waals surface area contributed by atoms with E-state index >= 15 is 0 Å². The molecule has 0 spiro atoms. The molecule has 1 heterocycles. The number of nitrogens with zero attached hydrogens (tertiary/aromatic N) is 1. The highest BCUT2D eigenvalue weighted by Gasteiger charge is 2.32. The number of aromatic nitrogens is 1. The second kappa shape index (κ2) is 6.08. The summed E-state index contributed by atoms with van der Waals surface area (Å²) < 4.78 is 10.8. The van der Waals surface area contributed by atoms with Gasteiger partial charge in [-0.3, -0.25) is 0 Å². The zero-order chi connectivity index (χ0) is 12.9. The summed E-state index contributed by atoms with van der Waals surface area (Å²) in [6, 6.07) is 0. The maximum Gasteiger partial charge on any atom is 0.308 e. The number of aryl methyl sites for hydroxylation is 1. The summed E-state index contributed by atoms with van der Waals surface area (Å²) in [6.45, 7) is 8.57. The second-order valence-electron chi connectivity index (χ2n) is 4.99. The quantitative estimate of drug-likeness (QED) is 0.714. The Kier molecular flexibility index (Phi) is 5.03. The molecule has 0 radical (unpaired) electrons. The molecule has 0 fully saturated rings. The lowest BCUT2D eigenvalue weighted by Crippen LogP contribution is -2.23. The fraction of sp³-hybridized carbons (Fsp3) is 0.786. The van der Waals surface area contributed by atoms with Crippen LogP contribution in [0, 0.1) is 6.92 Å². The van der Waals surface area contributed by atoms with E-state index in [-0.39, 0.29) is 5.41 Å². The van der Waals surface area contributed by atoms with Crippen molar-refractivity contribution in [1.82, 2.24) is 4.98 Å². The van der Waals surface area contributed by atoms with Crippen molar-refractivity contribution in [3.05, 3.63) is 11.6 Å². The van der Waals surface area contributed by atoms with Gasteiger partial charge in [-0.2, -0.15) is 0 Å². The van der Waals surface area contributed by atoms with E-state index in [1.807, 2.05) is 6.92 Å². The average molecular weight is 239 g/mol. The Labute approximate surface area is 105 Å². The van der Waals surface area contributed by atoms with Crippen LogP contribution >= 0.6 is 0 Å². The molecule has 0 N–H and O–H groups in total. The molecule has 0 aliphatic rings. The fourth-order valence-corrected chi connectivity index (χ4v) is 2.41. The first kappa shape index (κ1) is 14.1. The standard InChI is InChI=1S/C14H25NO2/c1-6-8-10-14(4,9-7-2)12-13(16-5)17-11(3)15-12/h6-10H2,1-5H3. The van der Waals surface area contributed by atoms with Crippen molar-refractivity contribution in [2.45, 2.75) is 65.2 Å². The topological polar surface area (TPSA) is 35.3 Å². The molecule has 98 valence electrons. The molecule has 1 rings (SSSR count). The van der Waals surface area contributed by atoms with Gasteiger partial charge < -0.3 is 9.15 Å². The van der Waals surface area contributed by atoms with Crippen LogP contribution in [0.2, 0.25) is 0 Å². The van der Waals surface area contributed by atoms with Gasteiger partial charge in [0.05, 0.1) is 7.11 Å². The summed E-state index contributed by atoms with van der Waals surface area (Å²) in [5, 5.41) is 0. The molecule has 0 bridgehead atoms. The molecule has 0 saturated carbocycles. The van der Waals surface area contributed by atoms with Crippen LogP contribution in [0.25, 0.3) is 0 Å². The van der Waals surface area contributed by atoms with Crippen LogP contribution < -0.4 is 4.74 Å². The molecule has 1 unspecified atom stereocenters. The van der Waals surface area contributed by atoms with Crippen molar-refractivity contribution in [2.24, 2.45) is 0 Å². The van der Waals surface area contributed by atoms with Crippen molar-refractivity contribution in [2.75, 3.05) is 7.11 Å². The largest absolute Gasteiger partial charge is 0.467 e. The number of unbranched alkanes of at least 4 members (excludes halogenated alkanes) is 1. The number of oxazole rings is 1. The molecule has 0 aliphatic carbocycles. The average Bonchev–Trinajstić information content (AvgIpc) is 2.69. The Bertz CT molecular complexity index is 346. The first-order valence-electron chi connectivity index (χ1n) is 6.59. The Morgan fingerprint density at radius 2 is 1.94 bits per heavy atom. The molecule has 17 heavy (non-hydrogen) atoms. The highest BCUT2D eigenvalue weighted by atomic mass is 16.6. The molecular weight excluding hydrogens is 214 g/mol. The monoisotopic (exact) mass is 239 g/mol. The summed E-state index contributed by atoms with van der Waals surface area (Å²) >= 11 is 0. The molecular formula is C14H25NO2. The van der Waals surface area contributed by atoms with Crippen LogP contribution in [0.5, 0.6) is 5.95 Å². The van der Waals surface area contributed by atoms with Crippen LogP contribution in [-0.2, 0) is 5.41 Å². The van der Waals surface area contributed by atoms with Crippen molar-refractivity contribution in [3.63, 3.8) is 0 Å². The van der Waals surface area contributed by atoms with Gasteiger partial charge in [0.1, 0.15) is 5.69 Å². The van der Waals surface area contributed by atoms with E-state index in [2.05, 4.69) is 25.8 Å². The van der Waals surface area contributed by atoms with Gasteiger partial charge >= 0.3 is 5.95 Å². The van der Waals surface area contributed by atoms with Crippen LogP contribution in [0.4, 0.5) is 0 Å². The van der Waals surface area contributed by atoms with Gasteiger partial charge in [-0.1, -0.05) is 40.0 Å². The number of rotatable bonds is 7. The summed E-state index contributed by atoms with van der Waals surface area (Å²) in [4.78, 5) is 4.53. The van der Waals surface area contributed by atoms with Crippen molar-refractivity contribution < 1.29 is 9.15 Å². The van der Waals surface area contributed by atoms with Crippen LogP contribution in [0.3, 0.4) is 0 Å². The van der Waals surface area contributed by atoms with E-state index in [1.54, 1.807) is 7.11 Å². The number of ether oxygens (including phenoxy) is 1. The van der Waals surface area contributed by atoms with Gasteiger partial charge in [0.15, 0.2) is 5.89 Å². The Morgan fingerprint density at radius 1 is 1.24 bits per heavy atom. The van der Waals surface area contributed by atoms with Crippen molar-refractivity contribution in [3.8, 4) is 5.95 Å². The van der Waals surface area contributed by atoms with E-state index < -0.39 is 0 Å². The van der Waals surface area contributed by atoms with Crippen LogP contribution in [0.15, 0.2) is 4.42 Å². The van der Waals surface area contributed by atoms with Gasteiger partial charge in [-0.15, -0.1) is 0 Å². The predicted molar refractivity (Wildman–Crippen MR) is 69.6 cm³/mol. The normalized spacial score (nSPS) is 14.6. The second-order valence-corrected chi connectivity index (χ2v) is 4.99. The summed E-state index contributed by atoms with van der Waals surface area (Å²) in [5.41, 5.74) is 1.07. The molecule has 3 heteroatoms. The minimum absolute atomic E-state index is 0.0772. The van der Waals surface area contributed by atoms with E-state index in [0.29, 0.717) is 11.8 Å². The summed E-state index contributed by atoms with van der Waals surface area (Å²) in [6.07, 6.45) is 5.83. The summed E-state index contributed by atoms with van der Waals surface area (Å²) in [7, 11) is 1.65. The van der Waals surface area contributed by atoms with Gasteiger partial charge in [0.2, 0.25) is 0 Å². The molecule has 0 aliphatic heterocycles. The van der Waals surface area contributed by atoms with Crippen molar-refractivity contribution >= 4 is 0 Å². The van der Waals surface area contributed by atoms with Crippen LogP contribution in [0.1, 0.15) is 64.5 Å². The first-order chi connectivity index (χ1) is 8.07. The number of hydrogen-bond donors (Lipinski definition) is 0. The zero-order valence-electron chi connectivity index (χ0n) is 11.8. The minimum atomic E-state index is 0.0772. The molecule has 0 amide bonds. The Balaban J connectivity index is 3.02. The lowest BCUT2D eigenvalue weighted by Gasteiger charge is -2.27. The van der Waals surface area contributed by atoms with Crippen molar-refractivity contribution in [1.29, 1.82) is 0 Å².